The predicted molar refractivity (Wildman–Crippen MR) is 70.1 cm³/mol. The first-order valence-corrected chi connectivity index (χ1v) is 8.81. The van der Waals surface area contributed by atoms with Gasteiger partial charge in [-0.3, -0.25) is 0 Å². The van der Waals surface area contributed by atoms with Gasteiger partial charge in [-0.15, -0.1) is 0 Å². The summed E-state index contributed by atoms with van der Waals surface area (Å²) in [5.74, 6) is 0. The first-order chi connectivity index (χ1) is 5.97. The van der Waals surface area contributed by atoms with E-state index in [9.17, 15) is 0 Å². The van der Waals surface area contributed by atoms with Gasteiger partial charge in [-0.25, -0.2) is 0 Å². The predicted octanol–water partition coefficient (Wildman–Crippen LogP) is 3.55. The fraction of sp³-hybridized carbons (Fsp3) is 0.300. The molecule has 0 radical (unpaired) electrons. The lowest BCUT2D eigenvalue weighted by molar-refractivity contribution is 1.55. The summed E-state index contributed by atoms with van der Waals surface area (Å²) < 4.78 is 5.84. The highest BCUT2D eigenvalue weighted by molar-refractivity contribution is 14.1. The van der Waals surface area contributed by atoms with Crippen LogP contribution in [0.5, 0.6) is 0 Å². The summed E-state index contributed by atoms with van der Waals surface area (Å²) in [5, 5.41) is 0. The van der Waals surface area contributed by atoms with Crippen LogP contribution in [0.4, 0.5) is 0 Å². The Labute approximate surface area is 94.5 Å². The lowest BCUT2D eigenvalue weighted by atomic mass is 10.2. The Balaban J connectivity index is 2.80. The minimum atomic E-state index is -1.29. The SMILES string of the molecule is C[Si](C)(C)/N=C/c1cccc(I)c1. The van der Waals surface area contributed by atoms with Gasteiger partial charge in [-0.1, -0.05) is 12.1 Å². The van der Waals surface area contributed by atoms with Crippen LogP contribution in [0, 0.1) is 3.57 Å². The summed E-state index contributed by atoms with van der Waals surface area (Å²) in [6.45, 7) is 6.70. The van der Waals surface area contributed by atoms with Crippen LogP contribution in [0.3, 0.4) is 0 Å². The molecule has 0 saturated carbocycles. The number of hydrogen-bond donors (Lipinski definition) is 0. The van der Waals surface area contributed by atoms with Gasteiger partial charge in [-0.2, -0.15) is 0 Å². The van der Waals surface area contributed by atoms with E-state index in [1.807, 2.05) is 6.21 Å². The summed E-state index contributed by atoms with van der Waals surface area (Å²) in [4.78, 5) is 0. The van der Waals surface area contributed by atoms with Crippen LogP contribution < -0.4 is 0 Å². The van der Waals surface area contributed by atoms with Crippen LogP contribution in [0.25, 0.3) is 0 Å². The second kappa shape index (κ2) is 4.37. The Morgan fingerprint density at radius 1 is 1.31 bits per heavy atom. The molecule has 70 valence electrons. The first-order valence-electron chi connectivity index (χ1n) is 4.28. The van der Waals surface area contributed by atoms with Crippen LogP contribution in [0.2, 0.25) is 19.6 Å². The maximum atomic E-state index is 4.58. The number of rotatable bonds is 2. The lowest BCUT2D eigenvalue weighted by Crippen LogP contribution is -2.16. The molecule has 0 aliphatic carbocycles. The van der Waals surface area contributed by atoms with Gasteiger partial charge >= 0.3 is 0 Å². The van der Waals surface area contributed by atoms with Crippen LogP contribution in [0.1, 0.15) is 5.56 Å². The molecule has 0 N–H and O–H groups in total. The van der Waals surface area contributed by atoms with Crippen molar-refractivity contribution in [1.82, 2.24) is 0 Å². The van der Waals surface area contributed by atoms with Crippen molar-refractivity contribution in [2.45, 2.75) is 19.6 Å². The second-order valence-corrected chi connectivity index (χ2v) is 9.83. The van der Waals surface area contributed by atoms with Crippen LogP contribution in [-0.2, 0) is 0 Å². The molecule has 0 spiro atoms. The molecule has 1 aromatic carbocycles. The molecule has 0 aliphatic rings. The van der Waals surface area contributed by atoms with Crippen molar-refractivity contribution in [3.63, 3.8) is 0 Å². The first kappa shape index (κ1) is 10.9. The zero-order chi connectivity index (χ0) is 9.90. The molecular formula is C10H14INSi. The monoisotopic (exact) mass is 303 g/mol. The molecular weight excluding hydrogens is 289 g/mol. The van der Waals surface area contributed by atoms with Crippen LogP contribution in [-0.4, -0.2) is 14.5 Å². The number of benzene rings is 1. The van der Waals surface area contributed by atoms with Gasteiger partial charge in [-0.05, 0) is 59.9 Å². The standard InChI is InChI=1S/C10H14INSi/c1-13(2,3)12-8-9-5-4-6-10(11)7-9/h4-8H,1-3H3/b12-8+. The van der Waals surface area contributed by atoms with Gasteiger partial charge in [0, 0.05) is 9.78 Å². The molecule has 0 atom stereocenters. The Bertz CT molecular complexity index is 315. The molecule has 0 aliphatic heterocycles. The molecule has 0 aromatic heterocycles. The molecule has 0 saturated heterocycles. The Kier molecular flexibility index (Phi) is 3.67. The van der Waals surface area contributed by atoms with E-state index >= 15 is 0 Å². The third kappa shape index (κ3) is 4.57. The third-order valence-corrected chi connectivity index (χ3v) is 3.02. The van der Waals surface area contributed by atoms with Gasteiger partial charge in [0.15, 0.2) is 8.24 Å². The highest BCUT2D eigenvalue weighted by atomic mass is 127. The van der Waals surface area contributed by atoms with Gasteiger partial charge in [0.05, 0.1) is 0 Å². The van der Waals surface area contributed by atoms with Crippen molar-refractivity contribution in [2.24, 2.45) is 4.66 Å². The van der Waals surface area contributed by atoms with E-state index in [1.54, 1.807) is 0 Å². The Hall–Kier alpha value is -0.163. The number of nitrogens with zero attached hydrogens (tertiary/aromatic N) is 1. The summed E-state index contributed by atoms with van der Waals surface area (Å²) >= 11 is 2.32. The molecule has 1 rings (SSSR count). The van der Waals surface area contributed by atoms with Gasteiger partial charge in [0.2, 0.25) is 0 Å². The molecule has 1 aromatic rings. The highest BCUT2D eigenvalue weighted by Crippen LogP contribution is 2.07. The van der Waals surface area contributed by atoms with Crippen LogP contribution in [0.15, 0.2) is 28.9 Å². The van der Waals surface area contributed by atoms with E-state index < -0.39 is 8.24 Å². The van der Waals surface area contributed by atoms with E-state index in [0.29, 0.717) is 0 Å². The molecule has 3 heteroatoms. The Morgan fingerprint density at radius 3 is 2.54 bits per heavy atom. The van der Waals surface area contributed by atoms with Crippen molar-refractivity contribution < 1.29 is 0 Å². The highest BCUT2D eigenvalue weighted by Gasteiger charge is 2.08. The maximum absolute atomic E-state index is 4.58. The van der Waals surface area contributed by atoms with Crippen molar-refractivity contribution in [2.75, 3.05) is 0 Å². The smallest absolute Gasteiger partial charge is 0.172 e. The minimum Gasteiger partial charge on any atom is -0.329 e. The molecule has 0 heterocycles. The number of hydrogen-bond acceptors (Lipinski definition) is 1. The minimum absolute atomic E-state index is 1.20. The average molecular weight is 303 g/mol. The fourth-order valence-corrected chi connectivity index (χ4v) is 1.96. The average Bonchev–Trinajstić information content (AvgIpc) is 2.00. The molecule has 0 unspecified atom stereocenters. The number of halogens is 1. The van der Waals surface area contributed by atoms with Crippen molar-refractivity contribution >= 4 is 37.0 Å². The summed E-state index contributed by atoms with van der Waals surface area (Å²) in [6.07, 6.45) is 1.99. The Morgan fingerprint density at radius 2 is 2.00 bits per heavy atom. The second-order valence-electron chi connectivity index (χ2n) is 3.98. The summed E-state index contributed by atoms with van der Waals surface area (Å²) in [7, 11) is -1.29. The molecule has 13 heavy (non-hydrogen) atoms. The lowest BCUT2D eigenvalue weighted by Gasteiger charge is -2.07. The normalized spacial score (nSPS) is 12.3. The van der Waals surface area contributed by atoms with E-state index in [4.69, 9.17) is 0 Å². The maximum Gasteiger partial charge on any atom is 0.172 e. The van der Waals surface area contributed by atoms with E-state index in [1.165, 1.54) is 9.13 Å². The molecule has 0 amide bonds. The summed E-state index contributed by atoms with van der Waals surface area (Å²) in [6, 6.07) is 8.38. The molecule has 0 fully saturated rings. The van der Waals surface area contributed by atoms with Crippen molar-refractivity contribution in [1.29, 1.82) is 0 Å². The van der Waals surface area contributed by atoms with Gasteiger partial charge < -0.3 is 4.66 Å². The summed E-state index contributed by atoms with van der Waals surface area (Å²) in [5.41, 5.74) is 1.20. The van der Waals surface area contributed by atoms with E-state index in [2.05, 4.69) is 71.2 Å². The van der Waals surface area contributed by atoms with Crippen molar-refractivity contribution in [3.05, 3.63) is 33.4 Å². The molecule has 0 bridgehead atoms. The van der Waals surface area contributed by atoms with E-state index in [0.717, 1.165) is 0 Å². The quantitative estimate of drug-likeness (QED) is 0.450. The van der Waals surface area contributed by atoms with Crippen molar-refractivity contribution in [3.8, 4) is 0 Å². The topological polar surface area (TPSA) is 12.4 Å². The van der Waals surface area contributed by atoms with E-state index in [-0.39, 0.29) is 0 Å². The third-order valence-electron chi connectivity index (χ3n) is 1.45. The van der Waals surface area contributed by atoms with Crippen LogP contribution >= 0.6 is 22.6 Å². The van der Waals surface area contributed by atoms with Gasteiger partial charge in [0.1, 0.15) is 0 Å². The van der Waals surface area contributed by atoms with Gasteiger partial charge in [0.25, 0.3) is 0 Å². The molecule has 1 nitrogen and oxygen atoms in total. The largest absolute Gasteiger partial charge is 0.329 e. The zero-order valence-electron chi connectivity index (χ0n) is 8.21. The fourth-order valence-electron chi connectivity index (χ4n) is 0.855. The zero-order valence-corrected chi connectivity index (χ0v) is 11.4.